The summed E-state index contributed by atoms with van der Waals surface area (Å²) in [5, 5.41) is 5.35. The van der Waals surface area contributed by atoms with Crippen LogP contribution < -0.4 is 5.32 Å². The van der Waals surface area contributed by atoms with Crippen molar-refractivity contribution in [1.29, 1.82) is 0 Å². The summed E-state index contributed by atoms with van der Waals surface area (Å²) < 4.78 is 0. The Morgan fingerprint density at radius 2 is 2.07 bits per heavy atom. The van der Waals surface area contributed by atoms with Crippen LogP contribution >= 0.6 is 0 Å². The number of aromatic nitrogens is 1. The maximum Gasteiger partial charge on any atom is 0.230 e. The maximum atomic E-state index is 11.6. The van der Waals surface area contributed by atoms with Crippen LogP contribution in [0.15, 0.2) is 23.5 Å². The second-order valence-corrected chi connectivity index (χ2v) is 4.20. The molecule has 0 saturated heterocycles. The molecule has 1 N–H and O–H groups in total. The number of hydrogen-bond donors (Lipinski definition) is 1. The van der Waals surface area contributed by atoms with Gasteiger partial charge < -0.3 is 5.32 Å². The molecule has 1 amide bonds. The van der Waals surface area contributed by atoms with E-state index in [1.54, 1.807) is 6.07 Å². The second-order valence-electron chi connectivity index (χ2n) is 4.20. The van der Waals surface area contributed by atoms with Crippen LogP contribution in [-0.4, -0.2) is 10.9 Å². The number of pyridine rings is 1. The lowest BCUT2D eigenvalue weighted by molar-refractivity contribution is -0.123. The minimum absolute atomic E-state index is 0.123. The molecule has 5 heteroatoms. The minimum atomic E-state index is -0.469. The predicted molar refractivity (Wildman–Crippen MR) is 57.8 cm³/mol. The quantitative estimate of drug-likeness (QED) is 0.757. The van der Waals surface area contributed by atoms with Crippen molar-refractivity contribution in [2.45, 2.75) is 20.8 Å². The molecule has 0 aliphatic carbocycles. The first-order valence-corrected chi connectivity index (χ1v) is 4.54. The molecule has 0 aliphatic rings. The predicted octanol–water partition coefficient (Wildman–Crippen LogP) is 2.46. The summed E-state index contributed by atoms with van der Waals surface area (Å²) in [6.45, 7) is 5.43. The van der Waals surface area contributed by atoms with Crippen LogP contribution in [-0.2, 0) is 4.79 Å². The summed E-state index contributed by atoms with van der Waals surface area (Å²) in [7, 11) is 0. The van der Waals surface area contributed by atoms with Crippen molar-refractivity contribution >= 4 is 17.4 Å². The zero-order valence-electron chi connectivity index (χ0n) is 8.94. The lowest BCUT2D eigenvalue weighted by Gasteiger charge is -2.16. The number of carbonyl (C=O) groups excluding carboxylic acids is 1. The molecular weight excluding hydrogens is 194 g/mol. The van der Waals surface area contributed by atoms with Gasteiger partial charge in [-0.3, -0.25) is 4.79 Å². The number of nitroso groups, excluding NO2 is 1. The summed E-state index contributed by atoms with van der Waals surface area (Å²) in [6.07, 6.45) is 1.31. The van der Waals surface area contributed by atoms with Crippen LogP contribution in [0.3, 0.4) is 0 Å². The molecule has 0 aromatic carbocycles. The standard InChI is InChI=1S/C10H13N3O2/c1-10(2,3)9(14)12-8-5-4-7(13-15)6-11-8/h4-6H,1-3H3,(H,11,12,14). The smallest absolute Gasteiger partial charge is 0.230 e. The summed E-state index contributed by atoms with van der Waals surface area (Å²) in [5.41, 5.74) is -0.229. The lowest BCUT2D eigenvalue weighted by atomic mass is 9.96. The average molecular weight is 207 g/mol. The molecule has 1 rings (SSSR count). The molecule has 0 spiro atoms. The largest absolute Gasteiger partial charge is 0.310 e. The highest BCUT2D eigenvalue weighted by atomic mass is 16.3. The van der Waals surface area contributed by atoms with E-state index in [2.05, 4.69) is 15.5 Å². The molecule has 0 fully saturated rings. The molecule has 0 saturated carbocycles. The molecule has 15 heavy (non-hydrogen) atoms. The third-order valence-electron chi connectivity index (χ3n) is 1.78. The van der Waals surface area contributed by atoms with Crippen molar-refractivity contribution in [2.24, 2.45) is 10.6 Å². The first kappa shape index (κ1) is 11.3. The molecular formula is C10H13N3O2. The fourth-order valence-corrected chi connectivity index (χ4v) is 0.818. The van der Waals surface area contributed by atoms with E-state index in [1.807, 2.05) is 20.8 Å². The van der Waals surface area contributed by atoms with Crippen molar-refractivity contribution in [1.82, 2.24) is 4.98 Å². The third-order valence-corrected chi connectivity index (χ3v) is 1.78. The van der Waals surface area contributed by atoms with Gasteiger partial charge in [-0.05, 0) is 17.3 Å². The van der Waals surface area contributed by atoms with Gasteiger partial charge in [0.1, 0.15) is 11.5 Å². The SMILES string of the molecule is CC(C)(C)C(=O)Nc1ccc(N=O)cn1. The highest BCUT2D eigenvalue weighted by Gasteiger charge is 2.21. The molecule has 0 bridgehead atoms. The fraction of sp³-hybridized carbons (Fsp3) is 0.400. The molecule has 0 radical (unpaired) electrons. The number of amides is 1. The number of carbonyl (C=O) groups is 1. The van der Waals surface area contributed by atoms with Gasteiger partial charge in [-0.15, -0.1) is 4.91 Å². The van der Waals surface area contributed by atoms with E-state index in [-0.39, 0.29) is 11.6 Å². The summed E-state index contributed by atoms with van der Waals surface area (Å²) in [4.78, 5) is 25.6. The Hall–Kier alpha value is -1.78. The van der Waals surface area contributed by atoms with Crippen LogP contribution in [0.25, 0.3) is 0 Å². The molecule has 1 aromatic heterocycles. The van der Waals surface area contributed by atoms with E-state index in [4.69, 9.17) is 0 Å². The first-order valence-electron chi connectivity index (χ1n) is 4.54. The Bertz CT molecular complexity index is 365. The van der Waals surface area contributed by atoms with E-state index >= 15 is 0 Å². The molecule has 5 nitrogen and oxygen atoms in total. The zero-order valence-corrected chi connectivity index (χ0v) is 8.94. The summed E-state index contributed by atoms with van der Waals surface area (Å²) in [5.74, 6) is 0.295. The number of nitrogens with zero attached hydrogens (tertiary/aromatic N) is 2. The monoisotopic (exact) mass is 207 g/mol. The van der Waals surface area contributed by atoms with Gasteiger partial charge in [0.2, 0.25) is 5.91 Å². The Labute approximate surface area is 87.9 Å². The highest BCUT2D eigenvalue weighted by Crippen LogP contribution is 2.17. The Morgan fingerprint density at radius 3 is 2.47 bits per heavy atom. The van der Waals surface area contributed by atoms with Crippen molar-refractivity contribution in [3.05, 3.63) is 23.2 Å². The van der Waals surface area contributed by atoms with Gasteiger partial charge in [-0.25, -0.2) is 4.98 Å². The van der Waals surface area contributed by atoms with E-state index in [9.17, 15) is 9.70 Å². The van der Waals surface area contributed by atoms with Crippen LogP contribution in [0.1, 0.15) is 20.8 Å². The number of hydrogen-bond acceptors (Lipinski definition) is 4. The van der Waals surface area contributed by atoms with Gasteiger partial charge in [0.05, 0.1) is 6.20 Å². The Morgan fingerprint density at radius 1 is 1.40 bits per heavy atom. The van der Waals surface area contributed by atoms with Gasteiger partial charge >= 0.3 is 0 Å². The van der Waals surface area contributed by atoms with Crippen LogP contribution in [0.4, 0.5) is 11.5 Å². The van der Waals surface area contributed by atoms with Crippen molar-refractivity contribution in [3.63, 3.8) is 0 Å². The summed E-state index contributed by atoms with van der Waals surface area (Å²) in [6, 6.07) is 3.04. The summed E-state index contributed by atoms with van der Waals surface area (Å²) >= 11 is 0. The minimum Gasteiger partial charge on any atom is -0.310 e. The molecule has 0 aliphatic heterocycles. The van der Waals surface area contributed by atoms with Crippen molar-refractivity contribution in [3.8, 4) is 0 Å². The number of nitrogens with one attached hydrogen (secondary N) is 1. The lowest BCUT2D eigenvalue weighted by Crippen LogP contribution is -2.27. The van der Waals surface area contributed by atoms with E-state index in [0.29, 0.717) is 5.82 Å². The fourth-order valence-electron chi connectivity index (χ4n) is 0.818. The molecule has 0 atom stereocenters. The van der Waals surface area contributed by atoms with Crippen LogP contribution in [0, 0.1) is 10.3 Å². The normalized spacial score (nSPS) is 10.9. The number of anilines is 1. The molecule has 1 aromatic rings. The van der Waals surface area contributed by atoms with E-state index in [0.717, 1.165) is 0 Å². The Kier molecular flexibility index (Phi) is 3.14. The van der Waals surface area contributed by atoms with E-state index in [1.165, 1.54) is 12.3 Å². The van der Waals surface area contributed by atoms with Gasteiger partial charge in [-0.1, -0.05) is 20.8 Å². The molecule has 80 valence electrons. The van der Waals surface area contributed by atoms with Crippen molar-refractivity contribution in [2.75, 3.05) is 5.32 Å². The highest BCUT2D eigenvalue weighted by molar-refractivity contribution is 5.93. The van der Waals surface area contributed by atoms with Crippen molar-refractivity contribution < 1.29 is 4.79 Å². The average Bonchev–Trinajstić information content (AvgIpc) is 2.17. The second kappa shape index (κ2) is 4.16. The molecule has 1 heterocycles. The van der Waals surface area contributed by atoms with Crippen LogP contribution in [0.2, 0.25) is 0 Å². The Balaban J connectivity index is 2.74. The van der Waals surface area contributed by atoms with Gasteiger partial charge in [0.25, 0.3) is 0 Å². The van der Waals surface area contributed by atoms with E-state index < -0.39 is 5.41 Å². The van der Waals surface area contributed by atoms with Crippen LogP contribution in [0.5, 0.6) is 0 Å². The topological polar surface area (TPSA) is 71.4 Å². The third kappa shape index (κ3) is 3.12. The van der Waals surface area contributed by atoms with Gasteiger partial charge in [0.15, 0.2) is 0 Å². The maximum absolute atomic E-state index is 11.6. The first-order chi connectivity index (χ1) is 6.93. The van der Waals surface area contributed by atoms with Gasteiger partial charge in [-0.2, -0.15) is 0 Å². The number of rotatable bonds is 2. The zero-order chi connectivity index (χ0) is 11.5. The molecule has 0 unspecified atom stereocenters. The van der Waals surface area contributed by atoms with Gasteiger partial charge in [0, 0.05) is 5.41 Å².